The van der Waals surface area contributed by atoms with Crippen molar-refractivity contribution in [1.82, 2.24) is 5.32 Å². The number of carbonyl (C=O) groups excluding carboxylic acids is 2. The van der Waals surface area contributed by atoms with Crippen LogP contribution < -0.4 is 16.4 Å². The lowest BCUT2D eigenvalue weighted by atomic mass is 10.2. The molecule has 8 nitrogen and oxygen atoms in total. The van der Waals surface area contributed by atoms with E-state index in [1.807, 2.05) is 0 Å². The lowest BCUT2D eigenvalue weighted by Crippen LogP contribution is -2.32. The van der Waals surface area contributed by atoms with Gasteiger partial charge in [-0.05, 0) is 34.1 Å². The Morgan fingerprint density at radius 1 is 1.35 bits per heavy atom. The van der Waals surface area contributed by atoms with Gasteiger partial charge in [0.2, 0.25) is 0 Å². The van der Waals surface area contributed by atoms with E-state index < -0.39 is 18.1 Å². The molecular weight excluding hydrogens is 334 g/mol. The quantitative estimate of drug-likeness (QED) is 0.598. The molecule has 9 heteroatoms. The second kappa shape index (κ2) is 7.34. The van der Waals surface area contributed by atoms with Gasteiger partial charge < -0.3 is 26.2 Å². The molecule has 0 spiro atoms. The largest absolute Gasteiger partial charge is 0.478 e. The molecule has 0 heterocycles. The molecule has 0 unspecified atom stereocenters. The van der Waals surface area contributed by atoms with Crippen molar-refractivity contribution in [3.05, 3.63) is 28.2 Å². The summed E-state index contributed by atoms with van der Waals surface area (Å²) in [6, 6.07) is 3.80. The number of carbonyl (C=O) groups is 3. The third-order valence-corrected chi connectivity index (χ3v) is 2.78. The molecule has 1 aromatic rings. The smallest absolute Gasteiger partial charge is 0.404 e. The highest BCUT2D eigenvalue weighted by Crippen LogP contribution is 2.21. The van der Waals surface area contributed by atoms with Gasteiger partial charge in [-0.3, -0.25) is 0 Å². The Kier molecular flexibility index (Phi) is 5.78. The van der Waals surface area contributed by atoms with Crippen LogP contribution in [0.2, 0.25) is 0 Å². The minimum atomic E-state index is -1.12. The molecule has 0 fully saturated rings. The van der Waals surface area contributed by atoms with Gasteiger partial charge in [-0.25, -0.2) is 14.4 Å². The van der Waals surface area contributed by atoms with Crippen molar-refractivity contribution in [3.8, 4) is 0 Å². The highest BCUT2D eigenvalue weighted by atomic mass is 79.9. The van der Waals surface area contributed by atoms with Crippen molar-refractivity contribution in [3.63, 3.8) is 0 Å². The van der Waals surface area contributed by atoms with Gasteiger partial charge in [0.15, 0.2) is 0 Å². The van der Waals surface area contributed by atoms with Crippen molar-refractivity contribution in [2.24, 2.45) is 5.73 Å². The molecule has 1 aromatic carbocycles. The zero-order valence-corrected chi connectivity index (χ0v) is 11.8. The summed E-state index contributed by atoms with van der Waals surface area (Å²) in [6.45, 7) is 0.0283. The fourth-order valence-corrected chi connectivity index (χ4v) is 1.67. The van der Waals surface area contributed by atoms with Crippen LogP contribution in [0.25, 0.3) is 0 Å². The molecule has 1 rings (SSSR count). The van der Waals surface area contributed by atoms with Crippen LogP contribution in [-0.2, 0) is 4.74 Å². The van der Waals surface area contributed by atoms with Crippen LogP contribution >= 0.6 is 15.9 Å². The zero-order valence-electron chi connectivity index (χ0n) is 10.2. The van der Waals surface area contributed by atoms with E-state index in [4.69, 9.17) is 10.8 Å². The summed E-state index contributed by atoms with van der Waals surface area (Å²) in [7, 11) is 0. The molecule has 0 aromatic heterocycles. The van der Waals surface area contributed by atoms with Gasteiger partial charge in [0.25, 0.3) is 0 Å². The number of hydrogen-bond acceptors (Lipinski definition) is 4. The molecule has 0 aliphatic carbocycles. The zero-order chi connectivity index (χ0) is 15.1. The monoisotopic (exact) mass is 345 g/mol. The maximum Gasteiger partial charge on any atom is 0.404 e. The molecule has 0 saturated carbocycles. The van der Waals surface area contributed by atoms with Crippen molar-refractivity contribution in [1.29, 1.82) is 0 Å². The molecule has 0 radical (unpaired) electrons. The number of nitrogens with one attached hydrogen (secondary N) is 2. The number of ether oxygens (including phenoxy) is 1. The summed E-state index contributed by atoms with van der Waals surface area (Å²) in [5, 5.41) is 13.8. The molecule has 0 bridgehead atoms. The average Bonchev–Trinajstić information content (AvgIpc) is 2.36. The second-order valence-electron chi connectivity index (χ2n) is 3.55. The van der Waals surface area contributed by atoms with Gasteiger partial charge in [0, 0.05) is 10.2 Å². The Hall–Kier alpha value is -2.29. The van der Waals surface area contributed by atoms with Crippen molar-refractivity contribution < 1.29 is 24.2 Å². The summed E-state index contributed by atoms with van der Waals surface area (Å²) in [5.41, 5.74) is 5.09. The van der Waals surface area contributed by atoms with Gasteiger partial charge >= 0.3 is 18.1 Å². The number of anilines is 1. The number of carboxylic acid groups (broad SMARTS) is 1. The summed E-state index contributed by atoms with van der Waals surface area (Å²) in [5.74, 6) is -1.12. The normalized spacial score (nSPS) is 9.65. The van der Waals surface area contributed by atoms with E-state index in [-0.39, 0.29) is 18.7 Å². The lowest BCUT2D eigenvalue weighted by Gasteiger charge is -2.08. The number of amides is 3. The third kappa shape index (κ3) is 5.14. The van der Waals surface area contributed by atoms with Crippen LogP contribution in [0.4, 0.5) is 15.3 Å². The second-order valence-corrected chi connectivity index (χ2v) is 4.40. The summed E-state index contributed by atoms with van der Waals surface area (Å²) in [4.78, 5) is 32.7. The van der Waals surface area contributed by atoms with E-state index in [0.29, 0.717) is 10.2 Å². The maximum absolute atomic E-state index is 11.5. The molecule has 0 aliphatic rings. The first-order chi connectivity index (χ1) is 9.40. The average molecular weight is 346 g/mol. The number of aromatic carboxylic acids is 1. The fraction of sp³-hybridized carbons (Fsp3) is 0.182. The fourth-order valence-electron chi connectivity index (χ4n) is 1.26. The highest BCUT2D eigenvalue weighted by Gasteiger charge is 2.10. The third-order valence-electron chi connectivity index (χ3n) is 2.09. The number of primary amides is 1. The van der Waals surface area contributed by atoms with Crippen LogP contribution in [0.15, 0.2) is 22.7 Å². The number of hydrogen-bond donors (Lipinski definition) is 4. The SMILES string of the molecule is NC(=O)OCCNC(=O)Nc1ccc(Br)c(C(=O)O)c1. The first-order valence-corrected chi connectivity index (χ1v) is 6.19. The Balaban J connectivity index is 2.52. The van der Waals surface area contributed by atoms with Crippen LogP contribution in [0.1, 0.15) is 10.4 Å². The van der Waals surface area contributed by atoms with E-state index in [1.54, 1.807) is 0 Å². The Morgan fingerprint density at radius 2 is 2.05 bits per heavy atom. The molecule has 3 amide bonds. The Labute approximate surface area is 122 Å². The van der Waals surface area contributed by atoms with Crippen molar-refractivity contribution in [2.45, 2.75) is 0 Å². The van der Waals surface area contributed by atoms with Gasteiger partial charge in [0.1, 0.15) is 6.61 Å². The van der Waals surface area contributed by atoms with Gasteiger partial charge in [-0.2, -0.15) is 0 Å². The molecule has 0 saturated heterocycles. The van der Waals surface area contributed by atoms with Crippen LogP contribution in [-0.4, -0.2) is 36.4 Å². The van der Waals surface area contributed by atoms with E-state index in [9.17, 15) is 14.4 Å². The summed E-state index contributed by atoms with van der Waals surface area (Å²) >= 11 is 3.09. The lowest BCUT2D eigenvalue weighted by molar-refractivity contribution is 0.0696. The predicted molar refractivity (Wildman–Crippen MR) is 73.7 cm³/mol. The van der Waals surface area contributed by atoms with Crippen molar-refractivity contribution >= 4 is 39.7 Å². The van der Waals surface area contributed by atoms with Gasteiger partial charge in [0.05, 0.1) is 12.1 Å². The Morgan fingerprint density at radius 3 is 2.65 bits per heavy atom. The van der Waals surface area contributed by atoms with Gasteiger partial charge in [-0.1, -0.05) is 0 Å². The van der Waals surface area contributed by atoms with Crippen LogP contribution in [0.3, 0.4) is 0 Å². The van der Waals surface area contributed by atoms with E-state index >= 15 is 0 Å². The molecule has 0 aliphatic heterocycles. The number of benzene rings is 1. The van der Waals surface area contributed by atoms with Crippen molar-refractivity contribution in [2.75, 3.05) is 18.5 Å². The predicted octanol–water partition coefficient (Wildman–Crippen LogP) is 1.36. The Bertz CT molecular complexity index is 535. The minimum Gasteiger partial charge on any atom is -0.478 e. The summed E-state index contributed by atoms with van der Waals surface area (Å²) in [6.07, 6.45) is -0.925. The number of halogens is 1. The number of rotatable bonds is 5. The number of carboxylic acids is 1. The van der Waals surface area contributed by atoms with E-state index in [0.717, 1.165) is 0 Å². The van der Waals surface area contributed by atoms with E-state index in [2.05, 4.69) is 31.3 Å². The summed E-state index contributed by atoms with van der Waals surface area (Å²) < 4.78 is 4.83. The van der Waals surface area contributed by atoms with E-state index in [1.165, 1.54) is 18.2 Å². The standard InChI is InChI=1S/C11H12BrN3O5/c12-8-2-1-6(5-7(8)9(16)17)15-11(19)14-3-4-20-10(13)18/h1-2,5H,3-4H2,(H2,13,18)(H,16,17)(H2,14,15,19). The minimum absolute atomic E-state index is 0.0276. The van der Waals surface area contributed by atoms with Gasteiger partial charge in [-0.15, -0.1) is 0 Å². The highest BCUT2D eigenvalue weighted by molar-refractivity contribution is 9.10. The molecule has 108 valence electrons. The molecule has 0 atom stereocenters. The number of urea groups is 1. The maximum atomic E-state index is 11.5. The van der Waals surface area contributed by atoms with Crippen LogP contribution in [0, 0.1) is 0 Å². The first-order valence-electron chi connectivity index (χ1n) is 5.40. The molecule has 5 N–H and O–H groups in total. The topological polar surface area (TPSA) is 131 Å². The number of nitrogens with two attached hydrogens (primary N) is 1. The van der Waals surface area contributed by atoms with Crippen LogP contribution in [0.5, 0.6) is 0 Å². The molecular formula is C11H12BrN3O5. The first kappa shape index (κ1) is 15.8. The molecule has 20 heavy (non-hydrogen) atoms.